The fraction of sp³-hybridized carbons (Fsp3) is 0.636. The lowest BCUT2D eigenvalue weighted by Crippen LogP contribution is -2.34. The first-order valence-electron chi connectivity index (χ1n) is 5.66. The van der Waals surface area contributed by atoms with Crippen molar-refractivity contribution in [3.05, 3.63) is 11.3 Å². The maximum atomic E-state index is 5.81. The zero-order chi connectivity index (χ0) is 12.6. The van der Waals surface area contributed by atoms with Crippen LogP contribution in [0.2, 0.25) is 0 Å². The molecule has 1 atom stereocenters. The van der Waals surface area contributed by atoms with Gasteiger partial charge in [-0.15, -0.1) is 0 Å². The molecule has 2 N–H and O–H groups in total. The summed E-state index contributed by atoms with van der Waals surface area (Å²) >= 11 is 7.13. The predicted octanol–water partition coefficient (Wildman–Crippen LogP) is 1.30. The van der Waals surface area contributed by atoms with Crippen LogP contribution in [0.1, 0.15) is 17.7 Å². The van der Waals surface area contributed by atoms with Crippen LogP contribution in [0.5, 0.6) is 0 Å². The second-order valence-corrected chi connectivity index (χ2v) is 5.99. The van der Waals surface area contributed by atoms with Gasteiger partial charge in [-0.2, -0.15) is 16.9 Å². The molecule has 1 aromatic heterocycles. The van der Waals surface area contributed by atoms with Crippen LogP contribution < -0.4 is 10.6 Å². The third-order valence-electron chi connectivity index (χ3n) is 3.23. The van der Waals surface area contributed by atoms with Gasteiger partial charge in [0.2, 0.25) is 0 Å². The van der Waals surface area contributed by atoms with E-state index in [1.807, 2.05) is 30.4 Å². The van der Waals surface area contributed by atoms with Gasteiger partial charge < -0.3 is 10.6 Å². The van der Waals surface area contributed by atoms with Crippen LogP contribution in [0.25, 0.3) is 0 Å². The fourth-order valence-corrected chi connectivity index (χ4v) is 3.85. The molecule has 2 heterocycles. The molecule has 0 aromatic carbocycles. The van der Waals surface area contributed by atoms with E-state index in [0.29, 0.717) is 11.0 Å². The SMILES string of the molecule is Cc1nn(C)c(N(C)C2CCSC2)c1C(N)=S. The van der Waals surface area contributed by atoms with Crippen molar-refractivity contribution in [2.75, 3.05) is 23.5 Å². The first-order valence-corrected chi connectivity index (χ1v) is 7.22. The highest BCUT2D eigenvalue weighted by Crippen LogP contribution is 2.29. The maximum Gasteiger partial charge on any atom is 0.137 e. The van der Waals surface area contributed by atoms with E-state index in [2.05, 4.69) is 17.0 Å². The normalized spacial score (nSPS) is 19.6. The summed E-state index contributed by atoms with van der Waals surface area (Å²) in [6.07, 6.45) is 1.21. The quantitative estimate of drug-likeness (QED) is 0.839. The van der Waals surface area contributed by atoms with Gasteiger partial charge in [-0.25, -0.2) is 0 Å². The third-order valence-corrected chi connectivity index (χ3v) is 4.57. The predicted molar refractivity (Wildman–Crippen MR) is 78.0 cm³/mol. The van der Waals surface area contributed by atoms with Crippen LogP contribution in [0, 0.1) is 6.92 Å². The number of thioether (sulfide) groups is 1. The number of hydrogen-bond acceptors (Lipinski definition) is 4. The average molecular weight is 270 g/mol. The number of nitrogens with two attached hydrogens (primary N) is 1. The standard InChI is InChI=1S/C11H18N4S2/c1-7-9(10(12)16)11(15(3)13-7)14(2)8-4-5-17-6-8/h8H,4-6H2,1-3H3,(H2,12,16). The van der Waals surface area contributed by atoms with Gasteiger partial charge in [0.05, 0.1) is 11.3 Å². The Labute approximate surface area is 112 Å². The van der Waals surface area contributed by atoms with Gasteiger partial charge in [0.1, 0.15) is 10.8 Å². The van der Waals surface area contributed by atoms with E-state index < -0.39 is 0 Å². The van der Waals surface area contributed by atoms with Crippen molar-refractivity contribution < 1.29 is 0 Å². The van der Waals surface area contributed by atoms with E-state index in [1.54, 1.807) is 0 Å². The van der Waals surface area contributed by atoms with E-state index >= 15 is 0 Å². The smallest absolute Gasteiger partial charge is 0.137 e. The number of hydrogen-bond donors (Lipinski definition) is 1. The van der Waals surface area contributed by atoms with Crippen LogP contribution in [0.15, 0.2) is 0 Å². The highest BCUT2D eigenvalue weighted by Gasteiger charge is 2.26. The van der Waals surface area contributed by atoms with E-state index in [0.717, 1.165) is 22.8 Å². The Morgan fingerprint density at radius 3 is 2.88 bits per heavy atom. The van der Waals surface area contributed by atoms with Crippen molar-refractivity contribution in [2.45, 2.75) is 19.4 Å². The Balaban J connectivity index is 2.39. The second-order valence-electron chi connectivity index (χ2n) is 4.40. The number of aryl methyl sites for hydroxylation is 2. The van der Waals surface area contributed by atoms with E-state index in [9.17, 15) is 0 Å². The molecule has 1 aliphatic heterocycles. The molecule has 94 valence electrons. The average Bonchev–Trinajstić information content (AvgIpc) is 2.84. The monoisotopic (exact) mass is 270 g/mol. The van der Waals surface area contributed by atoms with Crippen LogP contribution in [-0.2, 0) is 7.05 Å². The van der Waals surface area contributed by atoms with Gasteiger partial charge in [0.25, 0.3) is 0 Å². The Morgan fingerprint density at radius 2 is 2.35 bits per heavy atom. The lowest BCUT2D eigenvalue weighted by molar-refractivity contribution is 0.653. The topological polar surface area (TPSA) is 47.1 Å². The molecule has 0 spiro atoms. The van der Waals surface area contributed by atoms with Gasteiger partial charge in [-0.05, 0) is 19.1 Å². The summed E-state index contributed by atoms with van der Waals surface area (Å²) in [6.45, 7) is 1.95. The molecule has 0 saturated carbocycles. The summed E-state index contributed by atoms with van der Waals surface area (Å²) in [5.74, 6) is 3.44. The molecule has 0 amide bonds. The van der Waals surface area contributed by atoms with Gasteiger partial charge in [-0.1, -0.05) is 12.2 Å². The van der Waals surface area contributed by atoms with Crippen molar-refractivity contribution in [1.29, 1.82) is 0 Å². The molecule has 1 unspecified atom stereocenters. The van der Waals surface area contributed by atoms with Crippen molar-refractivity contribution in [3.63, 3.8) is 0 Å². The number of nitrogens with zero attached hydrogens (tertiary/aromatic N) is 3. The molecule has 1 fully saturated rings. The summed E-state index contributed by atoms with van der Waals surface area (Å²) < 4.78 is 1.88. The first-order chi connectivity index (χ1) is 8.02. The fourth-order valence-electron chi connectivity index (χ4n) is 2.34. The van der Waals surface area contributed by atoms with Gasteiger partial charge >= 0.3 is 0 Å². The van der Waals surface area contributed by atoms with Gasteiger partial charge in [0.15, 0.2) is 0 Å². The summed E-state index contributed by atoms with van der Waals surface area (Å²) in [5.41, 5.74) is 7.64. The van der Waals surface area contributed by atoms with Crippen molar-refractivity contribution in [2.24, 2.45) is 12.8 Å². The summed E-state index contributed by atoms with van der Waals surface area (Å²) in [6, 6.07) is 0.558. The molecule has 1 aliphatic rings. The van der Waals surface area contributed by atoms with Crippen LogP contribution in [0.4, 0.5) is 5.82 Å². The third kappa shape index (κ3) is 2.28. The zero-order valence-electron chi connectivity index (χ0n) is 10.4. The molecule has 1 saturated heterocycles. The van der Waals surface area contributed by atoms with Gasteiger partial charge in [-0.3, -0.25) is 4.68 Å². The molecular weight excluding hydrogens is 252 g/mol. The Bertz CT molecular complexity index is 435. The molecule has 0 bridgehead atoms. The van der Waals surface area contributed by atoms with Crippen LogP contribution in [-0.4, -0.2) is 39.4 Å². The Hall–Kier alpha value is -0.750. The van der Waals surface area contributed by atoms with Gasteiger partial charge in [0, 0.05) is 25.9 Å². The minimum absolute atomic E-state index is 0.433. The highest BCUT2D eigenvalue weighted by atomic mass is 32.2. The van der Waals surface area contributed by atoms with Crippen molar-refractivity contribution in [1.82, 2.24) is 9.78 Å². The summed E-state index contributed by atoms with van der Waals surface area (Å²) in [7, 11) is 4.05. The number of anilines is 1. The van der Waals surface area contributed by atoms with Crippen LogP contribution >= 0.6 is 24.0 Å². The minimum Gasteiger partial charge on any atom is -0.389 e. The molecule has 4 nitrogen and oxygen atoms in total. The second kappa shape index (κ2) is 4.86. The number of thiocarbonyl (C=S) groups is 1. The molecule has 6 heteroatoms. The van der Waals surface area contributed by atoms with E-state index in [-0.39, 0.29) is 0 Å². The molecule has 1 aromatic rings. The number of rotatable bonds is 3. The molecular formula is C11H18N4S2. The maximum absolute atomic E-state index is 5.81. The van der Waals surface area contributed by atoms with Crippen molar-refractivity contribution >= 4 is 34.8 Å². The largest absolute Gasteiger partial charge is 0.389 e. The summed E-state index contributed by atoms with van der Waals surface area (Å²) in [4.78, 5) is 2.71. The molecule has 2 rings (SSSR count). The van der Waals surface area contributed by atoms with Crippen LogP contribution in [0.3, 0.4) is 0 Å². The lowest BCUT2D eigenvalue weighted by atomic mass is 10.2. The minimum atomic E-state index is 0.433. The Kier molecular flexibility index (Phi) is 3.63. The molecule has 17 heavy (non-hydrogen) atoms. The zero-order valence-corrected chi connectivity index (χ0v) is 12.1. The Morgan fingerprint density at radius 1 is 1.65 bits per heavy atom. The number of aromatic nitrogens is 2. The highest BCUT2D eigenvalue weighted by molar-refractivity contribution is 7.99. The first kappa shape index (κ1) is 12.7. The molecule has 0 radical (unpaired) electrons. The lowest BCUT2D eigenvalue weighted by Gasteiger charge is -2.26. The van der Waals surface area contributed by atoms with E-state index in [1.165, 1.54) is 12.2 Å². The molecule has 0 aliphatic carbocycles. The van der Waals surface area contributed by atoms with Crippen molar-refractivity contribution in [3.8, 4) is 0 Å². The van der Waals surface area contributed by atoms with E-state index in [4.69, 9.17) is 18.0 Å². The summed E-state index contributed by atoms with van der Waals surface area (Å²) in [5, 5.41) is 4.43.